The highest BCUT2D eigenvalue weighted by Gasteiger charge is 2.24. The molecule has 1 atom stereocenters. The van der Waals surface area contributed by atoms with Gasteiger partial charge in [0.25, 0.3) is 10.2 Å². The number of carbonyl (C=O) groups is 3. The third kappa shape index (κ3) is 9.19. The maximum absolute atomic E-state index is 14.9. The van der Waals surface area contributed by atoms with E-state index in [9.17, 15) is 27.2 Å². The molecular formula is C27H35FN4O7S. The number of aryl methyl sites for hydroxylation is 1. The number of ether oxygens (including phenoxy) is 2. The van der Waals surface area contributed by atoms with E-state index in [-0.39, 0.29) is 53.8 Å². The molecule has 0 aromatic heterocycles. The topological polar surface area (TPSA) is 143 Å². The maximum Gasteiger partial charge on any atom is 0.414 e. The van der Waals surface area contributed by atoms with Crippen molar-refractivity contribution in [2.75, 3.05) is 32.4 Å². The number of halogens is 1. The van der Waals surface area contributed by atoms with Crippen molar-refractivity contribution in [2.24, 2.45) is 5.92 Å². The average molecular weight is 579 g/mol. The quantitative estimate of drug-likeness (QED) is 0.244. The molecule has 11 nitrogen and oxygen atoms in total. The number of hydrogen-bond acceptors (Lipinski definition) is 7. The largest absolute Gasteiger partial charge is 0.426 e. The first-order valence-electron chi connectivity index (χ1n) is 12.9. The van der Waals surface area contributed by atoms with Crippen molar-refractivity contribution in [1.29, 1.82) is 0 Å². The van der Waals surface area contributed by atoms with Crippen LogP contribution in [0.5, 0.6) is 11.5 Å². The summed E-state index contributed by atoms with van der Waals surface area (Å²) in [5.41, 5.74) is 0.420. The molecule has 0 heterocycles. The third-order valence-electron chi connectivity index (χ3n) is 6.28. The van der Waals surface area contributed by atoms with Crippen molar-refractivity contribution >= 4 is 33.9 Å². The van der Waals surface area contributed by atoms with Gasteiger partial charge in [0.05, 0.1) is 12.1 Å². The van der Waals surface area contributed by atoms with Crippen LogP contribution < -0.4 is 24.2 Å². The van der Waals surface area contributed by atoms with E-state index in [1.807, 2.05) is 11.6 Å². The van der Waals surface area contributed by atoms with Gasteiger partial charge in [-0.1, -0.05) is 25.1 Å². The summed E-state index contributed by atoms with van der Waals surface area (Å²) >= 11 is 0. The Hall–Kier alpha value is -3.71. The van der Waals surface area contributed by atoms with Crippen LogP contribution in [0.15, 0.2) is 36.4 Å². The normalized spacial score (nSPS) is 13.7. The van der Waals surface area contributed by atoms with E-state index in [0.717, 1.165) is 12.8 Å². The Bertz CT molecular complexity index is 1350. The van der Waals surface area contributed by atoms with E-state index in [2.05, 4.69) is 10.0 Å². The van der Waals surface area contributed by atoms with Gasteiger partial charge >= 0.3 is 12.1 Å². The van der Waals surface area contributed by atoms with Crippen LogP contribution in [0.3, 0.4) is 0 Å². The Kier molecular flexibility index (Phi) is 10.5. The van der Waals surface area contributed by atoms with E-state index in [1.54, 1.807) is 12.1 Å². The monoisotopic (exact) mass is 578 g/mol. The molecule has 0 bridgehead atoms. The van der Waals surface area contributed by atoms with E-state index in [1.165, 1.54) is 50.3 Å². The lowest BCUT2D eigenvalue weighted by molar-refractivity contribution is -0.134. The van der Waals surface area contributed by atoms with Crippen molar-refractivity contribution in [1.82, 2.24) is 14.9 Å². The predicted octanol–water partition coefficient (Wildman–Crippen LogP) is 3.32. The summed E-state index contributed by atoms with van der Waals surface area (Å²) < 4.78 is 53.4. The highest BCUT2D eigenvalue weighted by Crippen LogP contribution is 2.33. The zero-order chi connectivity index (χ0) is 29.4. The van der Waals surface area contributed by atoms with Crippen molar-refractivity contribution in [3.63, 3.8) is 0 Å². The number of hydrogen-bond donors (Lipinski definition) is 3. The molecule has 0 saturated heterocycles. The first-order valence-corrected chi connectivity index (χ1v) is 14.4. The maximum atomic E-state index is 14.9. The van der Waals surface area contributed by atoms with Crippen LogP contribution in [0.1, 0.15) is 49.7 Å². The number of rotatable bonds is 13. The number of nitrogens with one attached hydrogen (secondary N) is 3. The molecule has 1 saturated carbocycles. The number of amides is 2. The first-order chi connectivity index (χ1) is 18.9. The molecule has 1 aliphatic rings. The van der Waals surface area contributed by atoms with Gasteiger partial charge < -0.3 is 19.7 Å². The molecule has 2 aromatic carbocycles. The molecule has 3 rings (SSSR count). The van der Waals surface area contributed by atoms with Crippen LogP contribution >= 0.6 is 0 Å². The summed E-state index contributed by atoms with van der Waals surface area (Å²) in [6.45, 7) is 2.46. The minimum Gasteiger partial charge on any atom is -0.426 e. The second-order valence-electron chi connectivity index (χ2n) is 9.88. The van der Waals surface area contributed by atoms with Crippen LogP contribution in [-0.4, -0.2) is 59.0 Å². The summed E-state index contributed by atoms with van der Waals surface area (Å²) in [5, 5.41) is 2.92. The highest BCUT2D eigenvalue weighted by atomic mass is 32.2. The SMILES string of the molecule is CNS(=O)(=O)Nc1cccc(CCC(=O)Oc2cc(OC(=O)N(C)C)ccc2C(C)CC(=O)NCC2CC2)c1F. The molecule has 0 radical (unpaired) electrons. The lowest BCUT2D eigenvalue weighted by Gasteiger charge is -2.18. The minimum atomic E-state index is -3.93. The fourth-order valence-corrected chi connectivity index (χ4v) is 4.31. The Morgan fingerprint density at radius 1 is 1.12 bits per heavy atom. The summed E-state index contributed by atoms with van der Waals surface area (Å²) in [4.78, 5) is 38.5. The van der Waals surface area contributed by atoms with E-state index in [4.69, 9.17) is 9.47 Å². The van der Waals surface area contributed by atoms with Gasteiger partial charge in [-0.2, -0.15) is 8.42 Å². The fourth-order valence-electron chi connectivity index (χ4n) is 3.76. The zero-order valence-electron chi connectivity index (χ0n) is 23.0. The van der Waals surface area contributed by atoms with Gasteiger partial charge in [-0.3, -0.25) is 14.3 Å². The summed E-state index contributed by atoms with van der Waals surface area (Å²) in [6.07, 6.45) is 1.47. The molecule has 3 N–H and O–H groups in total. The Labute approximate surface area is 233 Å². The number of carbonyl (C=O) groups excluding carboxylic acids is 3. The van der Waals surface area contributed by atoms with Crippen LogP contribution in [0, 0.1) is 11.7 Å². The Balaban J connectivity index is 1.73. The molecule has 0 spiro atoms. The van der Waals surface area contributed by atoms with Gasteiger partial charge in [-0.05, 0) is 54.4 Å². The number of esters is 1. The molecule has 13 heteroatoms. The summed E-state index contributed by atoms with van der Waals surface area (Å²) in [5.74, 6) is -1.14. The highest BCUT2D eigenvalue weighted by molar-refractivity contribution is 7.90. The first kappa shape index (κ1) is 30.8. The van der Waals surface area contributed by atoms with Crippen LogP contribution in [0.25, 0.3) is 0 Å². The molecule has 2 aromatic rings. The molecule has 1 fully saturated rings. The summed E-state index contributed by atoms with van der Waals surface area (Å²) in [7, 11) is 0.310. The lowest BCUT2D eigenvalue weighted by Crippen LogP contribution is -2.27. The molecule has 1 aliphatic carbocycles. The predicted molar refractivity (Wildman–Crippen MR) is 147 cm³/mol. The third-order valence-corrected chi connectivity index (χ3v) is 7.30. The second kappa shape index (κ2) is 13.6. The zero-order valence-corrected chi connectivity index (χ0v) is 23.8. The van der Waals surface area contributed by atoms with Crippen molar-refractivity contribution in [3.8, 4) is 11.5 Å². The smallest absolute Gasteiger partial charge is 0.414 e. The molecule has 2 amide bonds. The molecule has 0 aliphatic heterocycles. The van der Waals surface area contributed by atoms with Crippen molar-refractivity contribution < 1.29 is 36.7 Å². The number of nitrogens with zero attached hydrogens (tertiary/aromatic N) is 1. The fraction of sp³-hybridized carbons (Fsp3) is 0.444. The van der Waals surface area contributed by atoms with Gasteiger partial charge in [-0.15, -0.1) is 0 Å². The molecule has 218 valence electrons. The Morgan fingerprint density at radius 3 is 2.50 bits per heavy atom. The second-order valence-corrected chi connectivity index (χ2v) is 11.5. The lowest BCUT2D eigenvalue weighted by atomic mass is 9.96. The number of benzene rings is 2. The standard InChI is InChI=1S/C27H35FN4O7S/c1-17(14-24(33)30-16-18-8-9-18)21-12-11-20(38-27(35)32(3)4)15-23(21)39-25(34)13-10-19-6-5-7-22(26(19)28)31-40(36,37)29-2/h5-7,11-12,15,17-18,29,31H,8-10,13-14,16H2,1-4H3,(H,30,33). The summed E-state index contributed by atoms with van der Waals surface area (Å²) in [6, 6.07) is 8.77. The van der Waals surface area contributed by atoms with Crippen molar-refractivity contribution in [3.05, 3.63) is 53.3 Å². The molecular weight excluding hydrogens is 543 g/mol. The van der Waals surface area contributed by atoms with Gasteiger partial charge in [0, 0.05) is 40.2 Å². The van der Waals surface area contributed by atoms with Gasteiger partial charge in [0.1, 0.15) is 11.5 Å². The van der Waals surface area contributed by atoms with E-state index in [0.29, 0.717) is 18.0 Å². The van der Waals surface area contributed by atoms with Crippen LogP contribution in [0.4, 0.5) is 14.9 Å². The molecule has 1 unspecified atom stereocenters. The van der Waals surface area contributed by atoms with Gasteiger partial charge in [0.2, 0.25) is 5.91 Å². The Morgan fingerprint density at radius 2 is 1.85 bits per heavy atom. The average Bonchev–Trinajstić information content (AvgIpc) is 3.72. The minimum absolute atomic E-state index is 0.0659. The van der Waals surface area contributed by atoms with E-state index >= 15 is 0 Å². The van der Waals surface area contributed by atoms with Crippen molar-refractivity contribution in [2.45, 2.75) is 44.9 Å². The molecule has 40 heavy (non-hydrogen) atoms. The van der Waals surface area contributed by atoms with Gasteiger partial charge in [-0.25, -0.2) is 13.9 Å². The number of anilines is 1. The van der Waals surface area contributed by atoms with Gasteiger partial charge in [0.15, 0.2) is 5.82 Å². The van der Waals surface area contributed by atoms with Crippen LogP contribution in [0.2, 0.25) is 0 Å². The van der Waals surface area contributed by atoms with E-state index < -0.39 is 28.1 Å². The van der Waals surface area contributed by atoms with Crippen LogP contribution in [-0.2, 0) is 26.2 Å².